The van der Waals surface area contributed by atoms with Crippen LogP contribution in [-0.4, -0.2) is 35.5 Å². The van der Waals surface area contributed by atoms with E-state index in [0.29, 0.717) is 13.0 Å². The van der Waals surface area contributed by atoms with Gasteiger partial charge in [0.15, 0.2) is 5.13 Å². The van der Waals surface area contributed by atoms with Gasteiger partial charge in [0.25, 0.3) is 0 Å². The van der Waals surface area contributed by atoms with Gasteiger partial charge in [-0.2, -0.15) is 0 Å². The van der Waals surface area contributed by atoms with Crippen molar-refractivity contribution in [2.75, 3.05) is 18.0 Å². The van der Waals surface area contributed by atoms with Crippen LogP contribution in [0.2, 0.25) is 0 Å². The van der Waals surface area contributed by atoms with E-state index in [-0.39, 0.29) is 6.54 Å². The Hall–Kier alpha value is -0.680. The lowest BCUT2D eigenvalue weighted by atomic mass is 10.1. The molecule has 2 heterocycles. The molecule has 2 atom stereocenters. The first kappa shape index (κ1) is 8.90. The summed E-state index contributed by atoms with van der Waals surface area (Å²) in [7, 11) is 0. The van der Waals surface area contributed by atoms with Crippen molar-refractivity contribution < 1.29 is 9.50 Å². The summed E-state index contributed by atoms with van der Waals surface area (Å²) in [5.74, 6) is 0. The number of hydrogen-bond acceptors (Lipinski definition) is 4. The van der Waals surface area contributed by atoms with Gasteiger partial charge in [-0.25, -0.2) is 9.37 Å². The molecule has 1 saturated heterocycles. The SMILES string of the molecule is O[C@@H]1CCN(c2nccs2)C[C@H]1F. The monoisotopic (exact) mass is 202 g/mol. The van der Waals surface area contributed by atoms with Gasteiger partial charge in [0, 0.05) is 18.1 Å². The number of halogens is 1. The van der Waals surface area contributed by atoms with Crippen LogP contribution in [0.25, 0.3) is 0 Å². The molecule has 0 spiro atoms. The van der Waals surface area contributed by atoms with Crippen molar-refractivity contribution >= 4 is 16.5 Å². The summed E-state index contributed by atoms with van der Waals surface area (Å²) < 4.78 is 13.1. The molecule has 0 radical (unpaired) electrons. The molecule has 5 heteroatoms. The van der Waals surface area contributed by atoms with E-state index in [4.69, 9.17) is 0 Å². The van der Waals surface area contributed by atoms with Crippen LogP contribution in [-0.2, 0) is 0 Å². The van der Waals surface area contributed by atoms with Crippen molar-refractivity contribution in [3.05, 3.63) is 11.6 Å². The molecule has 1 aliphatic heterocycles. The molecule has 72 valence electrons. The zero-order chi connectivity index (χ0) is 9.26. The van der Waals surface area contributed by atoms with Gasteiger partial charge in [-0.1, -0.05) is 0 Å². The average molecular weight is 202 g/mol. The third-order valence-corrected chi connectivity index (χ3v) is 3.03. The van der Waals surface area contributed by atoms with Crippen molar-refractivity contribution in [3.63, 3.8) is 0 Å². The van der Waals surface area contributed by atoms with Crippen LogP contribution in [0.15, 0.2) is 11.6 Å². The molecule has 0 aromatic carbocycles. The Kier molecular flexibility index (Phi) is 2.46. The predicted molar refractivity (Wildman–Crippen MR) is 49.8 cm³/mol. The standard InChI is InChI=1S/C8H11FN2OS/c9-6-5-11(3-1-7(6)12)8-10-2-4-13-8/h2,4,6-7,12H,1,3,5H2/t6-,7-/m1/s1. The molecule has 1 aromatic heterocycles. The number of aromatic nitrogens is 1. The second-order valence-electron chi connectivity index (χ2n) is 3.13. The van der Waals surface area contributed by atoms with E-state index in [2.05, 4.69) is 4.98 Å². The molecule has 0 unspecified atom stereocenters. The first-order chi connectivity index (χ1) is 6.27. The molecule has 2 rings (SSSR count). The Labute approximate surface area is 79.8 Å². The topological polar surface area (TPSA) is 36.4 Å². The van der Waals surface area contributed by atoms with E-state index in [0.717, 1.165) is 5.13 Å². The molecule has 1 aliphatic rings. The van der Waals surface area contributed by atoms with Crippen molar-refractivity contribution in [1.29, 1.82) is 0 Å². The van der Waals surface area contributed by atoms with Gasteiger partial charge >= 0.3 is 0 Å². The van der Waals surface area contributed by atoms with Gasteiger partial charge in [0.2, 0.25) is 0 Å². The first-order valence-electron chi connectivity index (χ1n) is 4.24. The number of anilines is 1. The Morgan fingerprint density at radius 3 is 3.15 bits per heavy atom. The molecule has 0 amide bonds. The van der Waals surface area contributed by atoms with Crippen LogP contribution in [0.4, 0.5) is 9.52 Å². The van der Waals surface area contributed by atoms with Gasteiger partial charge in [-0.15, -0.1) is 11.3 Å². The molecule has 13 heavy (non-hydrogen) atoms. The predicted octanol–water partition coefficient (Wildman–Crippen LogP) is 1.05. The summed E-state index contributed by atoms with van der Waals surface area (Å²) in [5.41, 5.74) is 0. The molecule has 1 N–H and O–H groups in total. The van der Waals surface area contributed by atoms with E-state index in [1.165, 1.54) is 11.3 Å². The summed E-state index contributed by atoms with van der Waals surface area (Å²) >= 11 is 1.50. The Morgan fingerprint density at radius 2 is 2.54 bits per heavy atom. The average Bonchev–Trinajstić information content (AvgIpc) is 2.62. The third-order valence-electron chi connectivity index (χ3n) is 2.20. The fourth-order valence-electron chi connectivity index (χ4n) is 1.44. The highest BCUT2D eigenvalue weighted by Crippen LogP contribution is 2.23. The van der Waals surface area contributed by atoms with E-state index in [1.807, 2.05) is 10.3 Å². The van der Waals surface area contributed by atoms with Gasteiger partial charge in [-0.3, -0.25) is 0 Å². The summed E-state index contributed by atoms with van der Waals surface area (Å²) in [6.45, 7) is 0.948. The summed E-state index contributed by atoms with van der Waals surface area (Å²) in [5, 5.41) is 11.9. The lowest BCUT2D eigenvalue weighted by Crippen LogP contribution is -2.44. The molecule has 0 saturated carbocycles. The minimum Gasteiger partial charge on any atom is -0.390 e. The number of rotatable bonds is 1. The maximum absolute atomic E-state index is 13.1. The smallest absolute Gasteiger partial charge is 0.185 e. The van der Waals surface area contributed by atoms with Crippen LogP contribution in [0, 0.1) is 0 Å². The molecule has 1 aromatic rings. The van der Waals surface area contributed by atoms with Gasteiger partial charge < -0.3 is 10.0 Å². The summed E-state index contributed by atoms with van der Waals surface area (Å²) in [6, 6.07) is 0. The number of thiazole rings is 1. The van der Waals surface area contributed by atoms with Crippen LogP contribution >= 0.6 is 11.3 Å². The zero-order valence-corrected chi connectivity index (χ0v) is 7.88. The molecule has 0 aliphatic carbocycles. The molecule has 1 fully saturated rings. The minimum absolute atomic E-state index is 0.259. The normalized spacial score (nSPS) is 29.2. The molecular formula is C8H11FN2OS. The fourth-order valence-corrected chi connectivity index (χ4v) is 2.12. The first-order valence-corrected chi connectivity index (χ1v) is 5.12. The highest BCUT2D eigenvalue weighted by molar-refractivity contribution is 7.13. The number of hydrogen-bond donors (Lipinski definition) is 1. The molecule has 3 nitrogen and oxygen atoms in total. The minimum atomic E-state index is -1.14. The lowest BCUT2D eigenvalue weighted by molar-refractivity contribution is 0.0615. The van der Waals surface area contributed by atoms with Gasteiger partial charge in [0.05, 0.1) is 12.6 Å². The van der Waals surface area contributed by atoms with Crippen LogP contribution in [0.5, 0.6) is 0 Å². The Morgan fingerprint density at radius 1 is 1.69 bits per heavy atom. The molecular weight excluding hydrogens is 191 g/mol. The van der Waals surface area contributed by atoms with E-state index in [1.54, 1.807) is 6.20 Å². The number of nitrogens with zero attached hydrogens (tertiary/aromatic N) is 2. The number of aliphatic hydroxyl groups excluding tert-OH is 1. The number of piperidine rings is 1. The summed E-state index contributed by atoms with van der Waals surface area (Å²) in [4.78, 5) is 5.97. The van der Waals surface area contributed by atoms with E-state index < -0.39 is 12.3 Å². The van der Waals surface area contributed by atoms with Crippen molar-refractivity contribution in [2.24, 2.45) is 0 Å². The molecule has 0 bridgehead atoms. The maximum Gasteiger partial charge on any atom is 0.185 e. The fraction of sp³-hybridized carbons (Fsp3) is 0.625. The Bertz CT molecular complexity index is 267. The highest BCUT2D eigenvalue weighted by atomic mass is 32.1. The second kappa shape index (κ2) is 3.59. The maximum atomic E-state index is 13.1. The largest absolute Gasteiger partial charge is 0.390 e. The van der Waals surface area contributed by atoms with Crippen molar-refractivity contribution in [3.8, 4) is 0 Å². The number of aliphatic hydroxyl groups is 1. The van der Waals surface area contributed by atoms with E-state index >= 15 is 0 Å². The second-order valence-corrected chi connectivity index (χ2v) is 4.01. The third kappa shape index (κ3) is 1.81. The van der Waals surface area contributed by atoms with Crippen molar-refractivity contribution in [1.82, 2.24) is 4.98 Å². The Balaban J connectivity index is 2.03. The van der Waals surface area contributed by atoms with Crippen LogP contribution in [0.3, 0.4) is 0 Å². The lowest BCUT2D eigenvalue weighted by Gasteiger charge is -2.31. The zero-order valence-electron chi connectivity index (χ0n) is 7.06. The quantitative estimate of drug-likeness (QED) is 0.739. The highest BCUT2D eigenvalue weighted by Gasteiger charge is 2.28. The van der Waals surface area contributed by atoms with E-state index in [9.17, 15) is 9.50 Å². The van der Waals surface area contributed by atoms with Gasteiger partial charge in [0.1, 0.15) is 6.17 Å². The summed E-state index contributed by atoms with van der Waals surface area (Å²) in [6.07, 6.45) is 0.257. The number of alkyl halides is 1. The van der Waals surface area contributed by atoms with Crippen LogP contribution in [0.1, 0.15) is 6.42 Å². The van der Waals surface area contributed by atoms with Gasteiger partial charge in [-0.05, 0) is 6.42 Å². The van der Waals surface area contributed by atoms with Crippen LogP contribution < -0.4 is 4.90 Å². The van der Waals surface area contributed by atoms with Crippen molar-refractivity contribution in [2.45, 2.75) is 18.7 Å².